The minimum atomic E-state index is -4.76. The minimum Gasteiger partial charge on any atom is -0.386 e. The van der Waals surface area contributed by atoms with E-state index in [1.165, 1.54) is 12.3 Å². The van der Waals surface area contributed by atoms with Gasteiger partial charge in [-0.25, -0.2) is 14.6 Å². The van der Waals surface area contributed by atoms with E-state index in [2.05, 4.69) is 20.4 Å². The fraction of sp³-hybridized carbons (Fsp3) is 0.467. The molecule has 0 amide bonds. The first-order valence-corrected chi connectivity index (χ1v) is 7.74. The molecule has 2 N–H and O–H groups in total. The van der Waals surface area contributed by atoms with Gasteiger partial charge in [0.05, 0.1) is 17.0 Å². The number of nitrogens with zero attached hydrogens (tertiary/aromatic N) is 4. The molecule has 3 heterocycles. The second-order valence-electron chi connectivity index (χ2n) is 5.69. The molecule has 0 aromatic carbocycles. The Bertz CT molecular complexity index is 755. The first-order valence-electron chi connectivity index (χ1n) is 7.74. The number of hydrogen-bond donors (Lipinski definition) is 2. The van der Waals surface area contributed by atoms with Gasteiger partial charge in [-0.15, -0.1) is 0 Å². The SMILES string of the molecule is O=C(CO)n1nc(C(F)(F)F)c(-c2ccncn2)c1C1CCNCC1. The molecule has 1 fully saturated rings. The van der Waals surface area contributed by atoms with Gasteiger partial charge < -0.3 is 10.4 Å². The molecule has 0 bridgehead atoms. The van der Waals surface area contributed by atoms with Crippen LogP contribution in [0.3, 0.4) is 0 Å². The zero-order chi connectivity index (χ0) is 18.0. The van der Waals surface area contributed by atoms with Crippen LogP contribution in [0.4, 0.5) is 13.2 Å². The van der Waals surface area contributed by atoms with E-state index in [9.17, 15) is 18.0 Å². The Hall–Kier alpha value is -2.33. The summed E-state index contributed by atoms with van der Waals surface area (Å²) in [4.78, 5) is 19.7. The first-order chi connectivity index (χ1) is 11.9. The summed E-state index contributed by atoms with van der Waals surface area (Å²) in [5.41, 5.74) is -1.20. The van der Waals surface area contributed by atoms with Gasteiger partial charge in [-0.1, -0.05) is 0 Å². The molecule has 2 aromatic heterocycles. The van der Waals surface area contributed by atoms with E-state index in [4.69, 9.17) is 5.11 Å². The van der Waals surface area contributed by atoms with E-state index in [0.717, 1.165) is 6.33 Å². The second-order valence-corrected chi connectivity index (χ2v) is 5.69. The molecule has 1 aliphatic heterocycles. The van der Waals surface area contributed by atoms with Crippen molar-refractivity contribution in [2.75, 3.05) is 19.7 Å². The van der Waals surface area contributed by atoms with Crippen LogP contribution in [-0.4, -0.2) is 50.5 Å². The van der Waals surface area contributed by atoms with E-state index in [0.29, 0.717) is 30.6 Å². The molecule has 1 aliphatic rings. The van der Waals surface area contributed by atoms with Gasteiger partial charge >= 0.3 is 6.18 Å². The number of aliphatic hydroxyl groups excluding tert-OH is 1. The molecule has 0 aliphatic carbocycles. The third kappa shape index (κ3) is 3.40. The molecular weight excluding hydrogens is 339 g/mol. The third-order valence-corrected chi connectivity index (χ3v) is 4.13. The average Bonchev–Trinajstić information content (AvgIpc) is 3.03. The number of nitrogens with one attached hydrogen (secondary N) is 1. The fourth-order valence-electron chi connectivity index (χ4n) is 3.05. The van der Waals surface area contributed by atoms with Gasteiger partial charge in [-0.2, -0.15) is 18.3 Å². The van der Waals surface area contributed by atoms with Crippen molar-refractivity contribution in [3.05, 3.63) is 30.0 Å². The van der Waals surface area contributed by atoms with Gasteiger partial charge in [-0.05, 0) is 32.0 Å². The maximum atomic E-state index is 13.6. The van der Waals surface area contributed by atoms with Crippen molar-refractivity contribution in [1.29, 1.82) is 0 Å². The summed E-state index contributed by atoms with van der Waals surface area (Å²) in [6, 6.07) is 1.35. The summed E-state index contributed by atoms with van der Waals surface area (Å²) in [5, 5.41) is 15.8. The number of aromatic nitrogens is 4. The normalized spacial score (nSPS) is 16.2. The second kappa shape index (κ2) is 6.89. The number of carbonyl (C=O) groups is 1. The molecule has 0 atom stereocenters. The molecule has 10 heteroatoms. The topological polar surface area (TPSA) is 92.9 Å². The molecule has 0 saturated carbocycles. The Morgan fingerprint density at radius 3 is 2.64 bits per heavy atom. The molecule has 3 rings (SSSR count). The molecular formula is C15H16F3N5O2. The summed E-state index contributed by atoms with van der Waals surface area (Å²) in [6.45, 7) is 0.307. The van der Waals surface area contributed by atoms with Crippen molar-refractivity contribution >= 4 is 5.91 Å². The number of carbonyl (C=O) groups excluding carboxylic acids is 1. The summed E-state index contributed by atoms with van der Waals surface area (Å²) in [5.74, 6) is -1.20. The Labute approximate surface area is 140 Å². The lowest BCUT2D eigenvalue weighted by molar-refractivity contribution is -0.140. The van der Waals surface area contributed by atoms with Crippen LogP contribution in [0.5, 0.6) is 0 Å². The van der Waals surface area contributed by atoms with E-state index < -0.39 is 24.4 Å². The quantitative estimate of drug-likeness (QED) is 0.866. The molecule has 7 nitrogen and oxygen atoms in total. The van der Waals surface area contributed by atoms with Crippen LogP contribution in [0.25, 0.3) is 11.3 Å². The van der Waals surface area contributed by atoms with Crippen LogP contribution in [0.15, 0.2) is 18.6 Å². The van der Waals surface area contributed by atoms with E-state index >= 15 is 0 Å². The fourth-order valence-corrected chi connectivity index (χ4v) is 3.05. The predicted octanol–water partition coefficient (Wildman–Crippen LogP) is 1.46. The zero-order valence-corrected chi connectivity index (χ0v) is 13.1. The summed E-state index contributed by atoms with van der Waals surface area (Å²) in [6.07, 6.45) is -1.17. The summed E-state index contributed by atoms with van der Waals surface area (Å²) >= 11 is 0. The minimum absolute atomic E-state index is 0.0489. The van der Waals surface area contributed by atoms with Crippen LogP contribution >= 0.6 is 0 Å². The smallest absolute Gasteiger partial charge is 0.386 e. The van der Waals surface area contributed by atoms with Crippen LogP contribution in [0.2, 0.25) is 0 Å². The molecule has 134 valence electrons. The highest BCUT2D eigenvalue weighted by Crippen LogP contribution is 2.42. The van der Waals surface area contributed by atoms with Crippen molar-refractivity contribution in [3.8, 4) is 11.3 Å². The van der Waals surface area contributed by atoms with Crippen molar-refractivity contribution < 1.29 is 23.1 Å². The van der Waals surface area contributed by atoms with Crippen molar-refractivity contribution in [2.24, 2.45) is 0 Å². The average molecular weight is 355 g/mol. The molecule has 2 aromatic rings. The highest BCUT2D eigenvalue weighted by atomic mass is 19.4. The van der Waals surface area contributed by atoms with Gasteiger partial charge in [0.1, 0.15) is 12.9 Å². The monoisotopic (exact) mass is 355 g/mol. The molecule has 0 unspecified atom stereocenters. The molecule has 25 heavy (non-hydrogen) atoms. The van der Waals surface area contributed by atoms with Gasteiger partial charge in [0.15, 0.2) is 5.69 Å². The number of halogens is 3. The lowest BCUT2D eigenvalue weighted by Crippen LogP contribution is -2.29. The Morgan fingerprint density at radius 1 is 1.36 bits per heavy atom. The maximum Gasteiger partial charge on any atom is 0.435 e. The third-order valence-electron chi connectivity index (χ3n) is 4.13. The van der Waals surface area contributed by atoms with Crippen LogP contribution in [0, 0.1) is 0 Å². The number of hydrogen-bond acceptors (Lipinski definition) is 6. The highest BCUT2D eigenvalue weighted by Gasteiger charge is 2.42. The van der Waals surface area contributed by atoms with Crippen molar-refractivity contribution in [3.63, 3.8) is 0 Å². The maximum absolute atomic E-state index is 13.6. The van der Waals surface area contributed by atoms with Crippen LogP contribution in [-0.2, 0) is 6.18 Å². The number of piperidine rings is 1. The zero-order valence-electron chi connectivity index (χ0n) is 13.1. The van der Waals surface area contributed by atoms with E-state index in [1.54, 1.807) is 0 Å². The first kappa shape index (κ1) is 17.5. The van der Waals surface area contributed by atoms with E-state index in [-0.39, 0.29) is 22.9 Å². The Kier molecular flexibility index (Phi) is 4.82. The van der Waals surface area contributed by atoms with Gasteiger partial charge in [0.2, 0.25) is 0 Å². The lowest BCUT2D eigenvalue weighted by Gasteiger charge is -2.24. The van der Waals surface area contributed by atoms with Crippen LogP contribution in [0.1, 0.15) is 34.9 Å². The number of alkyl halides is 3. The van der Waals surface area contributed by atoms with Crippen molar-refractivity contribution in [1.82, 2.24) is 25.1 Å². The highest BCUT2D eigenvalue weighted by molar-refractivity contribution is 5.83. The number of rotatable bonds is 3. The Morgan fingerprint density at radius 2 is 2.08 bits per heavy atom. The van der Waals surface area contributed by atoms with Gasteiger partial charge in [0.25, 0.3) is 5.91 Å². The van der Waals surface area contributed by atoms with Gasteiger partial charge in [-0.3, -0.25) is 4.79 Å². The molecule has 1 saturated heterocycles. The van der Waals surface area contributed by atoms with E-state index in [1.807, 2.05) is 0 Å². The van der Waals surface area contributed by atoms with Crippen molar-refractivity contribution in [2.45, 2.75) is 24.9 Å². The summed E-state index contributed by atoms with van der Waals surface area (Å²) in [7, 11) is 0. The van der Waals surface area contributed by atoms with Crippen LogP contribution < -0.4 is 5.32 Å². The number of aliphatic hydroxyl groups is 1. The molecule has 0 spiro atoms. The summed E-state index contributed by atoms with van der Waals surface area (Å²) < 4.78 is 41.4. The largest absolute Gasteiger partial charge is 0.435 e. The Balaban J connectivity index is 2.27. The molecule has 0 radical (unpaired) electrons. The predicted molar refractivity (Wildman–Crippen MR) is 80.8 cm³/mol. The van der Waals surface area contributed by atoms with Gasteiger partial charge in [0, 0.05) is 12.1 Å². The lowest BCUT2D eigenvalue weighted by atomic mass is 9.90. The standard InChI is InChI=1S/C15H16F3N5O2/c16-15(17,18)14-12(10-3-6-20-8-21-10)13(9-1-4-19-5-2-9)23(22-14)11(25)7-24/h3,6,8-9,19,24H,1-2,4-5,7H2.